The van der Waals surface area contributed by atoms with Gasteiger partial charge in [0, 0.05) is 31.9 Å². The summed E-state index contributed by atoms with van der Waals surface area (Å²) in [5.41, 5.74) is 1.39. The molecule has 7 heteroatoms. The highest BCUT2D eigenvalue weighted by molar-refractivity contribution is 5.95. The lowest BCUT2D eigenvalue weighted by atomic mass is 10.2. The van der Waals surface area contributed by atoms with Gasteiger partial charge in [-0.05, 0) is 21.0 Å². The minimum atomic E-state index is -0.0176. The molecule has 0 atom stereocenters. The predicted molar refractivity (Wildman–Crippen MR) is 74.4 cm³/mol. The molecule has 0 aliphatic carbocycles. The number of likely N-dealkylation sites (N-methyl/N-ethyl adjacent to an activating group) is 1. The predicted octanol–water partition coefficient (Wildman–Crippen LogP) is -0.436. The third kappa shape index (κ3) is 3.16. The number of carbonyl (C=O) groups excluding carboxylic acids is 2. The molecule has 1 fully saturated rings. The van der Waals surface area contributed by atoms with E-state index in [-0.39, 0.29) is 11.8 Å². The van der Waals surface area contributed by atoms with Gasteiger partial charge in [-0.3, -0.25) is 14.7 Å². The van der Waals surface area contributed by atoms with E-state index in [0.29, 0.717) is 38.3 Å². The van der Waals surface area contributed by atoms with Crippen molar-refractivity contribution in [2.75, 3.05) is 46.8 Å². The molecule has 7 nitrogen and oxygen atoms in total. The van der Waals surface area contributed by atoms with Gasteiger partial charge in [-0.1, -0.05) is 0 Å². The largest absolute Gasteiger partial charge is 0.338 e. The Balaban J connectivity index is 1.90. The number of aryl methyl sites for hydroxylation is 1. The van der Waals surface area contributed by atoms with Gasteiger partial charge in [0.1, 0.15) is 0 Å². The molecule has 1 aromatic rings. The Labute approximate surface area is 118 Å². The summed E-state index contributed by atoms with van der Waals surface area (Å²) in [4.78, 5) is 29.7. The first-order valence-corrected chi connectivity index (χ1v) is 6.71. The second kappa shape index (κ2) is 6.04. The summed E-state index contributed by atoms with van der Waals surface area (Å²) in [5.74, 6) is 0.0950. The third-order valence-electron chi connectivity index (χ3n) is 3.43. The molecule has 0 radical (unpaired) electrons. The van der Waals surface area contributed by atoms with E-state index in [1.807, 2.05) is 30.8 Å². The van der Waals surface area contributed by atoms with E-state index in [1.54, 1.807) is 11.1 Å². The van der Waals surface area contributed by atoms with E-state index in [0.717, 1.165) is 5.69 Å². The zero-order chi connectivity index (χ0) is 14.7. The topological polar surface area (TPSA) is 72.5 Å². The summed E-state index contributed by atoms with van der Waals surface area (Å²) >= 11 is 0. The van der Waals surface area contributed by atoms with Gasteiger partial charge in [0.2, 0.25) is 5.91 Å². The molecule has 0 aromatic carbocycles. The van der Waals surface area contributed by atoms with Crippen molar-refractivity contribution in [3.63, 3.8) is 0 Å². The van der Waals surface area contributed by atoms with E-state index in [1.165, 1.54) is 0 Å². The summed E-state index contributed by atoms with van der Waals surface area (Å²) < 4.78 is 0. The first kappa shape index (κ1) is 14.5. The van der Waals surface area contributed by atoms with Crippen molar-refractivity contribution < 1.29 is 9.59 Å². The molecule has 1 aliphatic heterocycles. The average molecular weight is 279 g/mol. The monoisotopic (exact) mass is 279 g/mol. The fourth-order valence-corrected chi connectivity index (χ4v) is 2.27. The Morgan fingerprint density at radius 1 is 1.25 bits per heavy atom. The zero-order valence-electron chi connectivity index (χ0n) is 12.2. The molecular formula is C13H21N5O2. The highest BCUT2D eigenvalue weighted by Crippen LogP contribution is 2.10. The maximum Gasteiger partial charge on any atom is 0.257 e. The molecule has 2 amide bonds. The normalized spacial score (nSPS) is 15.8. The van der Waals surface area contributed by atoms with Gasteiger partial charge < -0.3 is 14.7 Å². The quantitative estimate of drug-likeness (QED) is 0.814. The number of hydrogen-bond acceptors (Lipinski definition) is 4. The van der Waals surface area contributed by atoms with Crippen LogP contribution in [0.5, 0.6) is 0 Å². The van der Waals surface area contributed by atoms with Crippen molar-refractivity contribution in [3.05, 3.63) is 17.5 Å². The summed E-state index contributed by atoms with van der Waals surface area (Å²) in [7, 11) is 3.75. The van der Waals surface area contributed by atoms with Crippen molar-refractivity contribution in [2.45, 2.75) is 6.92 Å². The van der Waals surface area contributed by atoms with Crippen LogP contribution in [0.4, 0.5) is 0 Å². The Morgan fingerprint density at radius 3 is 2.35 bits per heavy atom. The summed E-state index contributed by atoms with van der Waals surface area (Å²) in [5, 5.41) is 6.64. The number of carbonyl (C=O) groups is 2. The van der Waals surface area contributed by atoms with Crippen LogP contribution in [0.2, 0.25) is 0 Å². The number of nitrogens with one attached hydrogen (secondary N) is 1. The molecule has 110 valence electrons. The average Bonchev–Trinajstić information content (AvgIpc) is 2.83. The Kier molecular flexibility index (Phi) is 4.39. The fraction of sp³-hybridized carbons (Fsp3) is 0.615. The first-order chi connectivity index (χ1) is 9.49. The van der Waals surface area contributed by atoms with E-state index in [2.05, 4.69) is 10.2 Å². The van der Waals surface area contributed by atoms with Gasteiger partial charge in [-0.2, -0.15) is 5.10 Å². The number of amides is 2. The van der Waals surface area contributed by atoms with Crippen LogP contribution in [0.25, 0.3) is 0 Å². The number of rotatable bonds is 3. The third-order valence-corrected chi connectivity index (χ3v) is 3.43. The maximum absolute atomic E-state index is 12.3. The van der Waals surface area contributed by atoms with Crippen LogP contribution in [0.1, 0.15) is 16.1 Å². The SMILES string of the molecule is Cc1[nH]ncc1C(=O)N1CCN(C(=O)CN(C)C)CC1. The Morgan fingerprint density at radius 2 is 1.85 bits per heavy atom. The fourth-order valence-electron chi connectivity index (χ4n) is 2.27. The van der Waals surface area contributed by atoms with Crippen LogP contribution >= 0.6 is 0 Å². The first-order valence-electron chi connectivity index (χ1n) is 6.71. The molecule has 1 N–H and O–H groups in total. The summed E-state index contributed by atoms with van der Waals surface area (Å²) in [6.07, 6.45) is 1.56. The molecule has 1 aliphatic rings. The lowest BCUT2D eigenvalue weighted by Crippen LogP contribution is -2.52. The number of piperazine rings is 1. The number of hydrogen-bond donors (Lipinski definition) is 1. The Hall–Kier alpha value is -1.89. The van der Waals surface area contributed by atoms with Gasteiger partial charge in [0.25, 0.3) is 5.91 Å². The van der Waals surface area contributed by atoms with Crippen LogP contribution in [-0.2, 0) is 4.79 Å². The van der Waals surface area contributed by atoms with E-state index in [4.69, 9.17) is 0 Å². The lowest BCUT2D eigenvalue weighted by Gasteiger charge is -2.35. The van der Waals surface area contributed by atoms with Crippen molar-refractivity contribution in [2.24, 2.45) is 0 Å². The molecule has 0 bridgehead atoms. The van der Waals surface area contributed by atoms with Crippen LogP contribution in [0.15, 0.2) is 6.20 Å². The maximum atomic E-state index is 12.3. The molecule has 2 heterocycles. The van der Waals surface area contributed by atoms with Crippen LogP contribution < -0.4 is 0 Å². The molecular weight excluding hydrogens is 258 g/mol. The smallest absolute Gasteiger partial charge is 0.257 e. The lowest BCUT2D eigenvalue weighted by molar-refractivity contribution is -0.133. The van der Waals surface area contributed by atoms with Gasteiger partial charge in [-0.25, -0.2) is 0 Å². The Bertz CT molecular complexity index is 489. The standard InChI is InChI=1S/C13H21N5O2/c1-10-11(8-14-15-10)13(20)18-6-4-17(5-7-18)12(19)9-16(2)3/h8H,4-7,9H2,1-3H3,(H,14,15). The van der Waals surface area contributed by atoms with Gasteiger partial charge in [0.15, 0.2) is 0 Å². The van der Waals surface area contributed by atoms with Crippen LogP contribution in [0.3, 0.4) is 0 Å². The number of aromatic amines is 1. The highest BCUT2D eigenvalue weighted by Gasteiger charge is 2.26. The molecule has 20 heavy (non-hydrogen) atoms. The number of H-pyrrole nitrogens is 1. The second-order valence-corrected chi connectivity index (χ2v) is 5.32. The minimum Gasteiger partial charge on any atom is -0.338 e. The highest BCUT2D eigenvalue weighted by atomic mass is 16.2. The van der Waals surface area contributed by atoms with Crippen molar-refractivity contribution >= 4 is 11.8 Å². The van der Waals surface area contributed by atoms with Crippen LogP contribution in [-0.4, -0.2) is 83.5 Å². The number of nitrogens with zero attached hydrogens (tertiary/aromatic N) is 4. The summed E-state index contributed by atoms with van der Waals surface area (Å²) in [6.45, 7) is 4.57. The second-order valence-electron chi connectivity index (χ2n) is 5.32. The van der Waals surface area contributed by atoms with Gasteiger partial charge in [-0.15, -0.1) is 0 Å². The molecule has 2 rings (SSSR count). The van der Waals surface area contributed by atoms with E-state index in [9.17, 15) is 9.59 Å². The number of aromatic nitrogens is 2. The molecule has 0 unspecified atom stereocenters. The zero-order valence-corrected chi connectivity index (χ0v) is 12.2. The molecule has 0 spiro atoms. The molecule has 1 aromatic heterocycles. The van der Waals surface area contributed by atoms with Gasteiger partial charge in [0.05, 0.1) is 18.3 Å². The molecule has 0 saturated carbocycles. The summed E-state index contributed by atoms with van der Waals surface area (Å²) in [6, 6.07) is 0. The van der Waals surface area contributed by atoms with Gasteiger partial charge >= 0.3 is 0 Å². The van der Waals surface area contributed by atoms with Crippen molar-refractivity contribution in [3.8, 4) is 0 Å². The van der Waals surface area contributed by atoms with E-state index >= 15 is 0 Å². The van der Waals surface area contributed by atoms with E-state index < -0.39 is 0 Å². The van der Waals surface area contributed by atoms with Crippen molar-refractivity contribution in [1.29, 1.82) is 0 Å². The minimum absolute atomic E-state index is 0.0176. The molecule has 1 saturated heterocycles. The van der Waals surface area contributed by atoms with Crippen molar-refractivity contribution in [1.82, 2.24) is 24.9 Å². The van der Waals surface area contributed by atoms with Crippen LogP contribution in [0, 0.1) is 6.92 Å².